The van der Waals surface area contributed by atoms with Crippen molar-refractivity contribution in [1.82, 2.24) is 10.4 Å². The van der Waals surface area contributed by atoms with Crippen LogP contribution in [0.3, 0.4) is 0 Å². The van der Waals surface area contributed by atoms with Crippen molar-refractivity contribution in [2.24, 2.45) is 0 Å². The fourth-order valence-corrected chi connectivity index (χ4v) is 3.38. The molecule has 0 aliphatic rings. The van der Waals surface area contributed by atoms with Gasteiger partial charge in [-0.2, -0.15) is 5.48 Å². The highest BCUT2D eigenvalue weighted by molar-refractivity contribution is 5.90. The SMILES string of the molecule is CC(C)(C)OC(=O)N(CCCCCC(=O)Nc1ccccc1)CCCCNOC(=O)c1ccccc1. The number of anilines is 1. The van der Waals surface area contributed by atoms with Crippen LogP contribution in [0.2, 0.25) is 0 Å². The molecular weight excluding hydrogens is 458 g/mol. The van der Waals surface area contributed by atoms with Crippen LogP contribution in [-0.4, -0.2) is 48.1 Å². The Morgan fingerprint density at radius 3 is 2.06 bits per heavy atom. The lowest BCUT2D eigenvalue weighted by molar-refractivity contribution is -0.116. The van der Waals surface area contributed by atoms with E-state index in [1.54, 1.807) is 29.2 Å². The number of ether oxygens (including phenoxy) is 1. The first-order valence-electron chi connectivity index (χ1n) is 12.6. The van der Waals surface area contributed by atoms with Gasteiger partial charge < -0.3 is 19.8 Å². The molecule has 0 atom stereocenters. The summed E-state index contributed by atoms with van der Waals surface area (Å²) in [5.41, 5.74) is 3.40. The minimum Gasteiger partial charge on any atom is -0.444 e. The van der Waals surface area contributed by atoms with Gasteiger partial charge in [-0.15, -0.1) is 0 Å². The minimum atomic E-state index is -0.571. The van der Waals surface area contributed by atoms with E-state index in [0.29, 0.717) is 31.6 Å². The molecule has 0 unspecified atom stereocenters. The third-order valence-electron chi connectivity index (χ3n) is 5.17. The number of nitrogens with one attached hydrogen (secondary N) is 2. The summed E-state index contributed by atoms with van der Waals surface area (Å²) in [6.07, 6.45) is 3.92. The Labute approximate surface area is 214 Å². The maximum Gasteiger partial charge on any atom is 0.410 e. The number of hydrogen-bond donors (Lipinski definition) is 2. The average Bonchev–Trinajstić information content (AvgIpc) is 2.84. The maximum atomic E-state index is 12.7. The zero-order valence-electron chi connectivity index (χ0n) is 21.6. The zero-order valence-corrected chi connectivity index (χ0v) is 21.6. The second-order valence-corrected chi connectivity index (χ2v) is 9.55. The highest BCUT2D eigenvalue weighted by atomic mass is 16.7. The molecule has 196 valence electrons. The molecule has 0 spiro atoms. The van der Waals surface area contributed by atoms with E-state index in [2.05, 4.69) is 10.8 Å². The molecule has 2 amide bonds. The van der Waals surface area contributed by atoms with E-state index in [1.807, 2.05) is 57.2 Å². The molecule has 2 aromatic rings. The van der Waals surface area contributed by atoms with Crippen LogP contribution < -0.4 is 10.8 Å². The quantitative estimate of drug-likeness (QED) is 0.262. The lowest BCUT2D eigenvalue weighted by Crippen LogP contribution is -2.38. The molecular formula is C28H39N3O5. The topological polar surface area (TPSA) is 97.0 Å². The summed E-state index contributed by atoms with van der Waals surface area (Å²) in [5.74, 6) is -0.436. The van der Waals surface area contributed by atoms with Gasteiger partial charge in [0.2, 0.25) is 5.91 Å². The molecule has 2 aromatic carbocycles. The molecule has 36 heavy (non-hydrogen) atoms. The van der Waals surface area contributed by atoms with Gasteiger partial charge in [0.25, 0.3) is 0 Å². The molecule has 8 nitrogen and oxygen atoms in total. The van der Waals surface area contributed by atoms with Gasteiger partial charge >= 0.3 is 12.1 Å². The number of amides is 2. The Kier molecular flexibility index (Phi) is 12.5. The van der Waals surface area contributed by atoms with Crippen molar-refractivity contribution in [2.75, 3.05) is 25.0 Å². The third-order valence-corrected chi connectivity index (χ3v) is 5.17. The summed E-state index contributed by atoms with van der Waals surface area (Å²) in [6.45, 7) is 7.12. The fraction of sp³-hybridized carbons (Fsp3) is 0.464. The summed E-state index contributed by atoms with van der Waals surface area (Å²) in [5, 5.41) is 2.89. The molecule has 8 heteroatoms. The summed E-state index contributed by atoms with van der Waals surface area (Å²) in [6, 6.07) is 18.2. The average molecular weight is 498 g/mol. The predicted octanol–water partition coefficient (Wildman–Crippen LogP) is 5.56. The Morgan fingerprint density at radius 2 is 1.42 bits per heavy atom. The Balaban J connectivity index is 1.66. The molecule has 0 saturated carbocycles. The van der Waals surface area contributed by atoms with Crippen LogP contribution in [0.1, 0.15) is 69.7 Å². The minimum absolute atomic E-state index is 0.00865. The number of benzene rings is 2. The first kappa shape index (κ1) is 28.8. The molecule has 0 aromatic heterocycles. The molecule has 2 rings (SSSR count). The highest BCUT2D eigenvalue weighted by Gasteiger charge is 2.21. The number of hydrogen-bond acceptors (Lipinski definition) is 6. The zero-order chi connectivity index (χ0) is 26.2. The van der Waals surface area contributed by atoms with E-state index in [4.69, 9.17) is 9.57 Å². The van der Waals surface area contributed by atoms with Crippen molar-refractivity contribution in [3.63, 3.8) is 0 Å². The summed E-state index contributed by atoms with van der Waals surface area (Å²) < 4.78 is 5.56. The molecule has 0 radical (unpaired) electrons. The van der Waals surface area contributed by atoms with Crippen LogP contribution in [-0.2, 0) is 14.4 Å². The Bertz CT molecular complexity index is 929. The molecule has 0 aliphatic heterocycles. The highest BCUT2D eigenvalue weighted by Crippen LogP contribution is 2.13. The monoisotopic (exact) mass is 497 g/mol. The van der Waals surface area contributed by atoms with Gasteiger partial charge in [0.1, 0.15) is 5.60 Å². The van der Waals surface area contributed by atoms with E-state index in [-0.39, 0.29) is 12.0 Å². The lowest BCUT2D eigenvalue weighted by Gasteiger charge is -2.27. The van der Waals surface area contributed by atoms with Crippen molar-refractivity contribution >= 4 is 23.7 Å². The number of carbonyl (C=O) groups is 3. The standard InChI is InChI=1S/C28H39N3O5/c1-28(2,3)35-27(34)31(21-13-6-11-19-25(32)30-24-17-9-5-10-18-24)22-14-12-20-29-36-26(33)23-15-7-4-8-16-23/h4-5,7-10,15-18,29H,6,11-14,19-22H2,1-3H3,(H,30,32). The van der Waals surface area contributed by atoms with Gasteiger partial charge in [0, 0.05) is 31.7 Å². The van der Waals surface area contributed by atoms with Gasteiger partial charge in [0.15, 0.2) is 0 Å². The summed E-state index contributed by atoms with van der Waals surface area (Å²) in [7, 11) is 0. The molecule has 0 heterocycles. The number of para-hydroxylation sites is 1. The lowest BCUT2D eigenvalue weighted by atomic mass is 10.1. The first-order valence-corrected chi connectivity index (χ1v) is 12.6. The molecule has 2 N–H and O–H groups in total. The van der Waals surface area contributed by atoms with Gasteiger partial charge in [-0.25, -0.2) is 9.59 Å². The van der Waals surface area contributed by atoms with E-state index in [9.17, 15) is 14.4 Å². The fourth-order valence-electron chi connectivity index (χ4n) is 3.38. The van der Waals surface area contributed by atoms with Gasteiger partial charge in [0.05, 0.1) is 5.56 Å². The second-order valence-electron chi connectivity index (χ2n) is 9.55. The van der Waals surface area contributed by atoms with Crippen LogP contribution in [0.5, 0.6) is 0 Å². The van der Waals surface area contributed by atoms with Crippen molar-refractivity contribution in [1.29, 1.82) is 0 Å². The van der Waals surface area contributed by atoms with Crippen molar-refractivity contribution < 1.29 is 24.0 Å². The first-order chi connectivity index (χ1) is 17.2. The maximum absolute atomic E-state index is 12.7. The van der Waals surface area contributed by atoms with Crippen LogP contribution in [0.4, 0.5) is 10.5 Å². The number of nitrogens with zero attached hydrogens (tertiary/aromatic N) is 1. The molecule has 0 fully saturated rings. The summed E-state index contributed by atoms with van der Waals surface area (Å²) >= 11 is 0. The van der Waals surface area contributed by atoms with Crippen LogP contribution in [0.15, 0.2) is 60.7 Å². The molecule has 0 aliphatic carbocycles. The van der Waals surface area contributed by atoms with E-state index in [1.165, 1.54) is 0 Å². The largest absolute Gasteiger partial charge is 0.444 e. The number of rotatable bonds is 14. The molecule has 0 bridgehead atoms. The summed E-state index contributed by atoms with van der Waals surface area (Å²) in [4.78, 5) is 43.5. The van der Waals surface area contributed by atoms with Crippen LogP contribution in [0, 0.1) is 0 Å². The number of unbranched alkanes of at least 4 members (excludes halogenated alkanes) is 3. The number of carbonyl (C=O) groups excluding carboxylic acids is 3. The third kappa shape index (κ3) is 12.4. The van der Waals surface area contributed by atoms with Crippen molar-refractivity contribution in [3.05, 3.63) is 66.2 Å². The van der Waals surface area contributed by atoms with Crippen molar-refractivity contribution in [3.8, 4) is 0 Å². The van der Waals surface area contributed by atoms with Crippen molar-refractivity contribution in [2.45, 2.75) is 64.9 Å². The normalized spacial score (nSPS) is 11.0. The number of hydroxylamine groups is 1. The predicted molar refractivity (Wildman–Crippen MR) is 140 cm³/mol. The Hall–Kier alpha value is -3.39. The van der Waals surface area contributed by atoms with E-state index < -0.39 is 11.6 Å². The van der Waals surface area contributed by atoms with E-state index >= 15 is 0 Å². The van der Waals surface area contributed by atoms with Crippen LogP contribution in [0.25, 0.3) is 0 Å². The second kappa shape index (κ2) is 15.6. The van der Waals surface area contributed by atoms with Gasteiger partial charge in [-0.1, -0.05) is 42.8 Å². The van der Waals surface area contributed by atoms with Gasteiger partial charge in [-0.05, 0) is 70.7 Å². The van der Waals surface area contributed by atoms with Crippen LogP contribution >= 0.6 is 0 Å². The van der Waals surface area contributed by atoms with E-state index in [0.717, 1.165) is 37.8 Å². The molecule has 0 saturated heterocycles. The Morgan fingerprint density at radius 1 is 0.806 bits per heavy atom. The van der Waals surface area contributed by atoms with Gasteiger partial charge in [-0.3, -0.25) is 4.79 Å². The smallest absolute Gasteiger partial charge is 0.410 e.